The van der Waals surface area contributed by atoms with Crippen LogP contribution in [0.2, 0.25) is 0 Å². The highest BCUT2D eigenvalue weighted by atomic mass is 16.6. The summed E-state index contributed by atoms with van der Waals surface area (Å²) in [7, 11) is 0. The summed E-state index contributed by atoms with van der Waals surface area (Å²) in [5.74, 6) is -0.150. The SMILES string of the molecule is CC(=O)NC[C@H]1CN(c2ccc(C3=CCN4C(=O)OCC4C3)cc2)C(=O)O1. The molecule has 1 aromatic carbocycles. The summed E-state index contributed by atoms with van der Waals surface area (Å²) in [5, 5.41) is 2.67. The number of benzene rings is 1. The molecule has 1 unspecified atom stereocenters. The van der Waals surface area contributed by atoms with Gasteiger partial charge in [-0.1, -0.05) is 18.2 Å². The smallest absolute Gasteiger partial charge is 0.414 e. The molecule has 2 fully saturated rings. The van der Waals surface area contributed by atoms with E-state index in [1.165, 1.54) is 12.5 Å². The molecule has 0 radical (unpaired) electrons. The van der Waals surface area contributed by atoms with Gasteiger partial charge in [0, 0.05) is 19.2 Å². The van der Waals surface area contributed by atoms with Crippen LogP contribution in [0.3, 0.4) is 0 Å². The molecule has 0 bridgehead atoms. The minimum atomic E-state index is -0.410. The van der Waals surface area contributed by atoms with Gasteiger partial charge in [-0.15, -0.1) is 0 Å². The van der Waals surface area contributed by atoms with Gasteiger partial charge in [0.25, 0.3) is 0 Å². The molecule has 2 atom stereocenters. The average Bonchev–Trinajstić information content (AvgIpc) is 3.22. The Morgan fingerprint density at radius 1 is 1.22 bits per heavy atom. The van der Waals surface area contributed by atoms with Crippen molar-refractivity contribution in [1.29, 1.82) is 0 Å². The number of carbonyl (C=O) groups excluding carboxylic acids is 3. The van der Waals surface area contributed by atoms with Crippen LogP contribution >= 0.6 is 0 Å². The van der Waals surface area contributed by atoms with Crippen LogP contribution in [-0.4, -0.2) is 61.4 Å². The summed E-state index contributed by atoms with van der Waals surface area (Å²) in [4.78, 5) is 38.0. The molecule has 2 saturated heterocycles. The zero-order valence-corrected chi connectivity index (χ0v) is 15.0. The van der Waals surface area contributed by atoms with Gasteiger partial charge in [-0.2, -0.15) is 0 Å². The lowest BCUT2D eigenvalue weighted by Gasteiger charge is -2.26. The van der Waals surface area contributed by atoms with Crippen molar-refractivity contribution in [3.8, 4) is 0 Å². The monoisotopic (exact) mass is 371 g/mol. The van der Waals surface area contributed by atoms with Gasteiger partial charge >= 0.3 is 12.2 Å². The Hall–Kier alpha value is -3.03. The molecule has 4 rings (SSSR count). The maximum atomic E-state index is 12.1. The van der Waals surface area contributed by atoms with E-state index in [0.717, 1.165) is 17.7 Å². The molecule has 8 heteroatoms. The zero-order valence-electron chi connectivity index (χ0n) is 15.0. The van der Waals surface area contributed by atoms with E-state index in [1.54, 1.807) is 9.80 Å². The van der Waals surface area contributed by atoms with Crippen molar-refractivity contribution < 1.29 is 23.9 Å². The van der Waals surface area contributed by atoms with Gasteiger partial charge in [-0.25, -0.2) is 9.59 Å². The lowest BCUT2D eigenvalue weighted by Crippen LogP contribution is -2.36. The predicted octanol–water partition coefficient (Wildman–Crippen LogP) is 1.76. The van der Waals surface area contributed by atoms with Gasteiger partial charge in [-0.05, 0) is 29.7 Å². The molecular weight excluding hydrogens is 350 g/mol. The molecule has 0 spiro atoms. The molecular formula is C19H21N3O5. The second kappa shape index (κ2) is 6.94. The van der Waals surface area contributed by atoms with Gasteiger partial charge in [0.2, 0.25) is 5.91 Å². The topological polar surface area (TPSA) is 88.2 Å². The first-order valence-corrected chi connectivity index (χ1v) is 8.96. The Morgan fingerprint density at radius 2 is 2.00 bits per heavy atom. The van der Waals surface area contributed by atoms with Crippen molar-refractivity contribution in [3.05, 3.63) is 35.9 Å². The van der Waals surface area contributed by atoms with E-state index in [1.807, 2.05) is 30.3 Å². The number of ether oxygens (including phenoxy) is 2. The van der Waals surface area contributed by atoms with Crippen LogP contribution in [0.1, 0.15) is 18.9 Å². The highest BCUT2D eigenvalue weighted by Gasteiger charge is 2.35. The van der Waals surface area contributed by atoms with Gasteiger partial charge in [-0.3, -0.25) is 14.6 Å². The number of fused-ring (bicyclic) bond motifs is 1. The fourth-order valence-electron chi connectivity index (χ4n) is 3.62. The first-order chi connectivity index (χ1) is 13.0. The van der Waals surface area contributed by atoms with Crippen LogP contribution in [0.15, 0.2) is 30.3 Å². The summed E-state index contributed by atoms with van der Waals surface area (Å²) in [6.07, 6.45) is 1.80. The Morgan fingerprint density at radius 3 is 2.74 bits per heavy atom. The standard InChI is InChI=1S/C19H21N3O5/c1-12(23)20-9-17-10-22(19(25)27-17)15-4-2-13(3-5-15)14-6-7-21-16(8-14)11-26-18(21)24/h2-6,16-17H,7-11H2,1H3,(H,20,23)/t16?,17-/m0/s1. The Balaban J connectivity index is 1.42. The second-order valence-electron chi connectivity index (χ2n) is 6.92. The van der Waals surface area contributed by atoms with Gasteiger partial charge in [0.05, 0.1) is 19.1 Å². The minimum Gasteiger partial charge on any atom is -0.447 e. The Labute approximate surface area is 156 Å². The van der Waals surface area contributed by atoms with E-state index in [0.29, 0.717) is 26.2 Å². The number of nitrogens with zero attached hydrogens (tertiary/aromatic N) is 2. The van der Waals surface area contributed by atoms with Crippen LogP contribution in [0.5, 0.6) is 0 Å². The third kappa shape index (κ3) is 3.47. The molecule has 142 valence electrons. The number of nitrogens with one attached hydrogen (secondary N) is 1. The fraction of sp³-hybridized carbons (Fsp3) is 0.421. The van der Waals surface area contributed by atoms with Crippen molar-refractivity contribution in [2.45, 2.75) is 25.5 Å². The van der Waals surface area contributed by atoms with Crippen molar-refractivity contribution in [1.82, 2.24) is 10.2 Å². The van der Waals surface area contributed by atoms with Crippen LogP contribution in [-0.2, 0) is 14.3 Å². The molecule has 1 aromatic rings. The fourth-order valence-corrected chi connectivity index (χ4v) is 3.62. The molecule has 3 aliphatic rings. The maximum Gasteiger partial charge on any atom is 0.414 e. The largest absolute Gasteiger partial charge is 0.447 e. The molecule has 1 N–H and O–H groups in total. The van der Waals surface area contributed by atoms with E-state index < -0.39 is 6.09 Å². The summed E-state index contributed by atoms with van der Waals surface area (Å²) >= 11 is 0. The van der Waals surface area contributed by atoms with E-state index in [-0.39, 0.29) is 24.1 Å². The molecule has 8 nitrogen and oxygen atoms in total. The predicted molar refractivity (Wildman–Crippen MR) is 97.2 cm³/mol. The molecule has 0 saturated carbocycles. The number of anilines is 1. The molecule has 0 aromatic heterocycles. The Kier molecular flexibility index (Phi) is 4.47. The molecule has 3 heterocycles. The van der Waals surface area contributed by atoms with E-state index in [9.17, 15) is 14.4 Å². The van der Waals surface area contributed by atoms with E-state index in [4.69, 9.17) is 9.47 Å². The number of hydrogen-bond donors (Lipinski definition) is 1. The second-order valence-corrected chi connectivity index (χ2v) is 6.92. The highest BCUT2D eigenvalue weighted by Crippen LogP contribution is 2.31. The molecule has 3 amide bonds. The molecule has 0 aliphatic carbocycles. The van der Waals surface area contributed by atoms with Crippen LogP contribution in [0, 0.1) is 0 Å². The molecule has 3 aliphatic heterocycles. The highest BCUT2D eigenvalue weighted by molar-refractivity contribution is 5.90. The first kappa shape index (κ1) is 17.4. The van der Waals surface area contributed by atoms with Crippen molar-refractivity contribution in [3.63, 3.8) is 0 Å². The first-order valence-electron chi connectivity index (χ1n) is 8.96. The minimum absolute atomic E-state index is 0.0975. The molecule has 27 heavy (non-hydrogen) atoms. The zero-order chi connectivity index (χ0) is 19.0. The quantitative estimate of drug-likeness (QED) is 0.871. The number of carbonyl (C=O) groups is 3. The van der Waals surface area contributed by atoms with Crippen LogP contribution < -0.4 is 10.2 Å². The summed E-state index contributed by atoms with van der Waals surface area (Å²) < 4.78 is 10.4. The number of hydrogen-bond acceptors (Lipinski definition) is 5. The van der Waals surface area contributed by atoms with Gasteiger partial charge in [0.1, 0.15) is 12.7 Å². The van der Waals surface area contributed by atoms with E-state index in [2.05, 4.69) is 5.32 Å². The number of rotatable bonds is 4. The third-order valence-electron chi connectivity index (χ3n) is 5.07. The third-order valence-corrected chi connectivity index (χ3v) is 5.07. The average molecular weight is 371 g/mol. The van der Waals surface area contributed by atoms with Crippen LogP contribution in [0.25, 0.3) is 5.57 Å². The lowest BCUT2D eigenvalue weighted by atomic mass is 9.95. The summed E-state index contributed by atoms with van der Waals surface area (Å²) in [5.41, 5.74) is 3.00. The maximum absolute atomic E-state index is 12.1. The number of cyclic esters (lactones) is 2. The van der Waals surface area contributed by atoms with Crippen LogP contribution in [0.4, 0.5) is 15.3 Å². The van der Waals surface area contributed by atoms with Gasteiger partial charge in [0.15, 0.2) is 0 Å². The summed E-state index contributed by atoms with van der Waals surface area (Å²) in [6.45, 7) is 3.13. The van der Waals surface area contributed by atoms with Crippen molar-refractivity contribution in [2.24, 2.45) is 0 Å². The van der Waals surface area contributed by atoms with Gasteiger partial charge < -0.3 is 14.8 Å². The normalized spacial score (nSPS) is 24.3. The van der Waals surface area contributed by atoms with Crippen molar-refractivity contribution >= 4 is 29.4 Å². The number of amides is 3. The van der Waals surface area contributed by atoms with E-state index >= 15 is 0 Å². The Bertz CT molecular complexity index is 804. The lowest BCUT2D eigenvalue weighted by molar-refractivity contribution is -0.119. The summed E-state index contributed by atoms with van der Waals surface area (Å²) in [6, 6.07) is 7.83. The van der Waals surface area contributed by atoms with Crippen molar-refractivity contribution in [2.75, 3.05) is 31.1 Å².